The van der Waals surface area contributed by atoms with E-state index in [-0.39, 0.29) is 11.6 Å². The molecule has 0 aliphatic carbocycles. The maximum atomic E-state index is 13.8. The Morgan fingerprint density at radius 2 is 1.89 bits per heavy atom. The molecule has 1 saturated heterocycles. The number of alkyl halides is 2. The Kier molecular flexibility index (Phi) is 5.78. The molecule has 2 heterocycles. The van der Waals surface area contributed by atoms with Gasteiger partial charge in [0.1, 0.15) is 16.9 Å². The fourth-order valence-electron chi connectivity index (χ4n) is 3.59. The van der Waals surface area contributed by atoms with Crippen LogP contribution < -0.4 is 10.6 Å². The molecular formula is C20H20ClF2N3OS. The summed E-state index contributed by atoms with van der Waals surface area (Å²) in [7, 11) is 0. The maximum Gasteiger partial charge on any atom is 0.266 e. The van der Waals surface area contributed by atoms with E-state index in [2.05, 4.69) is 10.6 Å². The lowest BCUT2D eigenvalue weighted by molar-refractivity contribution is 0.153. The summed E-state index contributed by atoms with van der Waals surface area (Å²) in [5.41, 5.74) is 1.01. The SMILES string of the molecule is [O-][S+](c1ccccc1Cl)n1cc(C(F)F)c2c(NC3CCNCC3)cccc21. The lowest BCUT2D eigenvalue weighted by atomic mass is 10.0. The van der Waals surface area contributed by atoms with Gasteiger partial charge in [0, 0.05) is 17.1 Å². The number of nitrogens with one attached hydrogen (secondary N) is 2. The Bertz CT molecular complexity index is 975. The second-order valence-electron chi connectivity index (χ2n) is 6.76. The minimum absolute atomic E-state index is 0.132. The van der Waals surface area contributed by atoms with Gasteiger partial charge < -0.3 is 15.2 Å². The second-order valence-corrected chi connectivity index (χ2v) is 8.50. The number of anilines is 1. The number of halogens is 3. The highest BCUT2D eigenvalue weighted by Crippen LogP contribution is 2.37. The average Bonchev–Trinajstić information content (AvgIpc) is 3.10. The fourth-order valence-corrected chi connectivity index (χ4v) is 5.10. The average molecular weight is 424 g/mol. The van der Waals surface area contributed by atoms with Crippen molar-refractivity contribution in [1.82, 2.24) is 9.29 Å². The van der Waals surface area contributed by atoms with Gasteiger partial charge in [-0.3, -0.25) is 0 Å². The molecule has 4 rings (SSSR count). The van der Waals surface area contributed by atoms with Gasteiger partial charge in [0.25, 0.3) is 6.43 Å². The van der Waals surface area contributed by atoms with Crippen molar-refractivity contribution in [1.29, 1.82) is 0 Å². The van der Waals surface area contributed by atoms with Crippen LogP contribution in [0.3, 0.4) is 0 Å². The minimum Gasteiger partial charge on any atom is -0.587 e. The molecule has 148 valence electrons. The number of aromatic nitrogens is 1. The standard InChI is InChI=1S/C20H20ClF2N3OS/c21-15-4-1-2-7-18(15)28(27)26-12-14(20(22)23)19-16(5-3-6-17(19)26)25-13-8-10-24-11-9-13/h1-7,12-13,20,24-25H,8-11H2. The molecule has 1 unspecified atom stereocenters. The first-order chi connectivity index (χ1) is 13.6. The Balaban J connectivity index is 1.80. The van der Waals surface area contributed by atoms with Crippen LogP contribution in [0.2, 0.25) is 5.02 Å². The van der Waals surface area contributed by atoms with Crippen LogP contribution in [0, 0.1) is 0 Å². The van der Waals surface area contributed by atoms with Crippen LogP contribution in [0.4, 0.5) is 14.5 Å². The summed E-state index contributed by atoms with van der Waals surface area (Å²) in [5, 5.41) is 7.46. The molecule has 3 aromatic rings. The van der Waals surface area contributed by atoms with E-state index in [9.17, 15) is 13.3 Å². The first-order valence-electron chi connectivity index (χ1n) is 9.12. The Morgan fingerprint density at radius 1 is 1.14 bits per heavy atom. The van der Waals surface area contributed by atoms with E-state index < -0.39 is 17.8 Å². The predicted molar refractivity (Wildman–Crippen MR) is 110 cm³/mol. The van der Waals surface area contributed by atoms with Gasteiger partial charge >= 0.3 is 0 Å². The van der Waals surface area contributed by atoms with Crippen LogP contribution in [0.15, 0.2) is 53.6 Å². The Labute approximate surface area is 170 Å². The highest BCUT2D eigenvalue weighted by molar-refractivity contribution is 7.90. The summed E-state index contributed by atoms with van der Waals surface area (Å²) >= 11 is 4.45. The molecule has 0 spiro atoms. The third kappa shape index (κ3) is 3.72. The normalized spacial score (nSPS) is 16.6. The van der Waals surface area contributed by atoms with Crippen LogP contribution in [0.5, 0.6) is 0 Å². The quantitative estimate of drug-likeness (QED) is 0.570. The first-order valence-corrected chi connectivity index (χ1v) is 10.6. The van der Waals surface area contributed by atoms with Gasteiger partial charge in [0.15, 0.2) is 4.90 Å². The first kappa shape index (κ1) is 19.5. The van der Waals surface area contributed by atoms with E-state index in [0.29, 0.717) is 26.5 Å². The molecule has 1 aromatic heterocycles. The smallest absolute Gasteiger partial charge is 0.266 e. The van der Waals surface area contributed by atoms with Gasteiger partial charge in [-0.1, -0.05) is 29.8 Å². The van der Waals surface area contributed by atoms with Crippen molar-refractivity contribution in [3.63, 3.8) is 0 Å². The molecular weight excluding hydrogens is 404 g/mol. The molecule has 0 radical (unpaired) electrons. The Morgan fingerprint density at radius 3 is 2.61 bits per heavy atom. The summed E-state index contributed by atoms with van der Waals surface area (Å²) in [4.78, 5) is 0.388. The summed E-state index contributed by atoms with van der Waals surface area (Å²) in [6.45, 7) is 1.79. The van der Waals surface area contributed by atoms with Crippen molar-refractivity contribution >= 4 is 39.6 Å². The molecule has 8 heteroatoms. The summed E-state index contributed by atoms with van der Waals surface area (Å²) in [5.74, 6) is 0. The van der Waals surface area contributed by atoms with Gasteiger partial charge in [-0.2, -0.15) is 3.97 Å². The zero-order valence-electron chi connectivity index (χ0n) is 15.0. The monoisotopic (exact) mass is 423 g/mol. The highest BCUT2D eigenvalue weighted by atomic mass is 35.5. The van der Waals surface area contributed by atoms with Crippen molar-refractivity contribution in [3.8, 4) is 0 Å². The van der Waals surface area contributed by atoms with Crippen LogP contribution >= 0.6 is 11.6 Å². The third-order valence-electron chi connectivity index (χ3n) is 4.96. The van der Waals surface area contributed by atoms with E-state index in [1.165, 1.54) is 10.2 Å². The molecule has 0 saturated carbocycles. The van der Waals surface area contributed by atoms with E-state index in [1.54, 1.807) is 42.5 Å². The van der Waals surface area contributed by atoms with Crippen molar-refractivity contribution in [2.45, 2.75) is 30.2 Å². The molecule has 1 atom stereocenters. The highest BCUT2D eigenvalue weighted by Gasteiger charge is 2.27. The van der Waals surface area contributed by atoms with E-state index in [0.717, 1.165) is 25.9 Å². The number of hydrogen-bond acceptors (Lipinski definition) is 3. The Hall–Kier alpha value is -1.80. The number of hydrogen-bond donors (Lipinski definition) is 2. The van der Waals surface area contributed by atoms with Gasteiger partial charge in [0.2, 0.25) is 0 Å². The zero-order valence-corrected chi connectivity index (χ0v) is 16.6. The molecule has 1 fully saturated rings. The van der Waals surface area contributed by atoms with Gasteiger partial charge in [-0.15, -0.1) is 0 Å². The molecule has 2 N–H and O–H groups in total. The van der Waals surface area contributed by atoms with Crippen LogP contribution in [-0.4, -0.2) is 27.7 Å². The van der Waals surface area contributed by atoms with Crippen LogP contribution in [0.1, 0.15) is 24.8 Å². The molecule has 1 aliphatic heterocycles. The lowest BCUT2D eigenvalue weighted by Gasteiger charge is -2.25. The van der Waals surface area contributed by atoms with Crippen molar-refractivity contribution in [3.05, 3.63) is 59.2 Å². The number of piperidine rings is 1. The zero-order chi connectivity index (χ0) is 19.7. The number of benzene rings is 2. The van der Waals surface area contributed by atoms with Crippen molar-refractivity contribution in [2.75, 3.05) is 18.4 Å². The van der Waals surface area contributed by atoms with Crippen molar-refractivity contribution in [2.24, 2.45) is 0 Å². The van der Waals surface area contributed by atoms with Crippen LogP contribution in [0.25, 0.3) is 10.9 Å². The van der Waals surface area contributed by atoms with E-state index in [4.69, 9.17) is 11.6 Å². The van der Waals surface area contributed by atoms with Crippen molar-refractivity contribution < 1.29 is 13.3 Å². The number of nitrogens with zero attached hydrogens (tertiary/aromatic N) is 1. The predicted octanol–water partition coefficient (Wildman–Crippen LogP) is 4.97. The topological polar surface area (TPSA) is 52.0 Å². The largest absolute Gasteiger partial charge is 0.587 e. The van der Waals surface area contributed by atoms with Gasteiger partial charge in [-0.25, -0.2) is 8.78 Å². The summed E-state index contributed by atoms with van der Waals surface area (Å²) in [6, 6.07) is 12.3. The fraction of sp³-hybridized carbons (Fsp3) is 0.300. The van der Waals surface area contributed by atoms with E-state index in [1.807, 2.05) is 0 Å². The number of fused-ring (bicyclic) bond motifs is 1. The lowest BCUT2D eigenvalue weighted by Crippen LogP contribution is -2.35. The summed E-state index contributed by atoms with van der Waals surface area (Å²) in [6.07, 6.45) is 0.449. The van der Waals surface area contributed by atoms with Gasteiger partial charge in [0.05, 0.1) is 16.8 Å². The van der Waals surface area contributed by atoms with Gasteiger partial charge in [-0.05, 0) is 50.2 Å². The van der Waals surface area contributed by atoms with Crippen LogP contribution in [-0.2, 0) is 11.4 Å². The number of rotatable bonds is 5. The molecule has 28 heavy (non-hydrogen) atoms. The second kappa shape index (κ2) is 8.29. The van der Waals surface area contributed by atoms with E-state index >= 15 is 0 Å². The molecule has 2 aromatic carbocycles. The minimum atomic E-state index is -2.68. The third-order valence-corrected chi connectivity index (χ3v) is 6.80. The molecule has 0 amide bonds. The molecule has 4 nitrogen and oxygen atoms in total. The molecule has 1 aliphatic rings. The summed E-state index contributed by atoms with van der Waals surface area (Å²) < 4.78 is 42.2. The maximum absolute atomic E-state index is 13.8. The molecule has 0 bridgehead atoms.